The Balaban J connectivity index is 1.91. The predicted molar refractivity (Wildman–Crippen MR) is 102 cm³/mol. The number of hydrogen-bond donors (Lipinski definition) is 1. The van der Waals surface area contributed by atoms with Crippen LogP contribution in [0.25, 0.3) is 0 Å². The summed E-state index contributed by atoms with van der Waals surface area (Å²) in [5, 5.41) is 15.3. The molecule has 1 amide bonds. The number of carbonyl (C=O) groups excluding carboxylic acids is 1. The van der Waals surface area contributed by atoms with Gasteiger partial charge in [0.1, 0.15) is 5.92 Å². The van der Waals surface area contributed by atoms with Crippen LogP contribution in [-0.2, 0) is 4.79 Å². The number of anilines is 1. The molecule has 1 unspecified atom stereocenters. The minimum Gasteiger partial charge on any atom is -0.478 e. The first-order chi connectivity index (χ1) is 12.4. The number of carboxylic acids is 1. The van der Waals surface area contributed by atoms with Gasteiger partial charge in [-0.05, 0) is 37.6 Å². The number of amides is 1. The monoisotopic (exact) mass is 369 g/mol. The number of rotatable bonds is 4. The quantitative estimate of drug-likeness (QED) is 0.824. The van der Waals surface area contributed by atoms with Crippen LogP contribution in [0, 0.1) is 12.8 Å². The van der Waals surface area contributed by atoms with Gasteiger partial charge < -0.3 is 5.11 Å². The second-order valence-corrected chi connectivity index (χ2v) is 6.28. The molecule has 1 heterocycles. The number of halogens is 1. The molecule has 0 radical (unpaired) electrons. The van der Waals surface area contributed by atoms with Gasteiger partial charge >= 0.3 is 5.97 Å². The molecular formula is C19H16ClN3O3. The second kappa shape index (κ2) is 7.09. The number of aliphatic imine (C=N–C) groups is 1. The van der Waals surface area contributed by atoms with E-state index in [9.17, 15) is 14.7 Å². The van der Waals surface area contributed by atoms with E-state index in [4.69, 9.17) is 11.6 Å². The van der Waals surface area contributed by atoms with Crippen molar-refractivity contribution in [3.8, 4) is 0 Å². The van der Waals surface area contributed by atoms with Gasteiger partial charge in [0.2, 0.25) is 0 Å². The van der Waals surface area contributed by atoms with E-state index in [1.54, 1.807) is 56.3 Å². The van der Waals surface area contributed by atoms with Gasteiger partial charge in [-0.15, -0.1) is 0 Å². The van der Waals surface area contributed by atoms with Crippen LogP contribution in [0.4, 0.5) is 11.4 Å². The Morgan fingerprint density at radius 2 is 1.96 bits per heavy atom. The Labute approximate surface area is 155 Å². The predicted octanol–water partition coefficient (Wildman–Crippen LogP) is 4.09. The lowest BCUT2D eigenvalue weighted by Gasteiger charge is -2.14. The molecule has 2 aromatic carbocycles. The van der Waals surface area contributed by atoms with Crippen LogP contribution in [0.15, 0.2) is 52.6 Å². The molecule has 0 bridgehead atoms. The van der Waals surface area contributed by atoms with Crippen molar-refractivity contribution in [1.82, 2.24) is 0 Å². The maximum absolute atomic E-state index is 12.7. The number of aromatic carboxylic acids is 1. The molecule has 2 aromatic rings. The van der Waals surface area contributed by atoms with Crippen LogP contribution in [0.1, 0.15) is 22.8 Å². The first-order valence-corrected chi connectivity index (χ1v) is 8.28. The first kappa shape index (κ1) is 17.8. The average Bonchev–Trinajstić information content (AvgIpc) is 2.87. The van der Waals surface area contributed by atoms with E-state index >= 15 is 0 Å². The average molecular weight is 370 g/mol. The number of hydrazone groups is 1. The Morgan fingerprint density at radius 1 is 1.23 bits per heavy atom. The summed E-state index contributed by atoms with van der Waals surface area (Å²) in [6, 6.07) is 12.0. The zero-order valence-corrected chi connectivity index (χ0v) is 14.9. The highest BCUT2D eigenvalue weighted by molar-refractivity contribution is 6.34. The van der Waals surface area contributed by atoms with E-state index < -0.39 is 11.9 Å². The number of para-hydroxylation sites is 1. The van der Waals surface area contributed by atoms with E-state index in [1.807, 2.05) is 0 Å². The fourth-order valence-electron chi connectivity index (χ4n) is 2.74. The molecular weight excluding hydrogens is 354 g/mol. The fourth-order valence-corrected chi connectivity index (χ4v) is 2.96. The number of aryl methyl sites for hydroxylation is 1. The maximum Gasteiger partial charge on any atom is 0.338 e. The van der Waals surface area contributed by atoms with Crippen molar-refractivity contribution in [1.29, 1.82) is 0 Å². The van der Waals surface area contributed by atoms with E-state index in [0.717, 1.165) is 0 Å². The summed E-state index contributed by atoms with van der Waals surface area (Å²) < 4.78 is 0. The van der Waals surface area contributed by atoms with E-state index in [0.29, 0.717) is 27.7 Å². The standard InChI is InChI=1S/C19H16ClN3O3/c1-11-6-5-8-15(17(11)19(25)26)21-10-13-12(2)22-23(18(13)24)16-9-4-3-7-14(16)20/h3-10,13H,1-2H3,(H,25,26)/b21-10+. The smallest absolute Gasteiger partial charge is 0.338 e. The van der Waals surface area contributed by atoms with Crippen molar-refractivity contribution in [2.45, 2.75) is 13.8 Å². The molecule has 1 aliphatic heterocycles. The van der Waals surface area contributed by atoms with Crippen LogP contribution in [0.2, 0.25) is 5.02 Å². The van der Waals surface area contributed by atoms with Gasteiger partial charge in [0.05, 0.1) is 27.7 Å². The first-order valence-electron chi connectivity index (χ1n) is 7.91. The number of nitrogens with zero attached hydrogens (tertiary/aromatic N) is 3. The molecule has 7 heteroatoms. The summed E-state index contributed by atoms with van der Waals surface area (Å²) in [5.74, 6) is -2.02. The Morgan fingerprint density at radius 3 is 2.65 bits per heavy atom. The zero-order valence-electron chi connectivity index (χ0n) is 14.2. The van der Waals surface area contributed by atoms with Crippen molar-refractivity contribution in [3.05, 3.63) is 58.6 Å². The SMILES string of the molecule is CC1=NN(c2ccccc2Cl)C(=O)C1/C=N/c1cccc(C)c1C(=O)O. The third kappa shape index (κ3) is 3.23. The zero-order chi connectivity index (χ0) is 18.8. The molecule has 0 aromatic heterocycles. The molecule has 3 rings (SSSR count). The van der Waals surface area contributed by atoms with Crippen molar-refractivity contribution in [3.63, 3.8) is 0 Å². The summed E-state index contributed by atoms with van der Waals surface area (Å²) in [4.78, 5) is 28.4. The maximum atomic E-state index is 12.7. The Bertz CT molecular complexity index is 953. The molecule has 132 valence electrons. The number of carboxylic acid groups (broad SMARTS) is 1. The van der Waals surface area contributed by atoms with E-state index in [1.165, 1.54) is 11.2 Å². The lowest BCUT2D eigenvalue weighted by Crippen LogP contribution is -2.28. The summed E-state index contributed by atoms with van der Waals surface area (Å²) >= 11 is 6.15. The normalized spacial score (nSPS) is 17.0. The van der Waals surface area contributed by atoms with Gasteiger partial charge in [-0.3, -0.25) is 9.79 Å². The van der Waals surface area contributed by atoms with Gasteiger partial charge in [0.15, 0.2) is 0 Å². The van der Waals surface area contributed by atoms with E-state index in [2.05, 4.69) is 10.1 Å². The molecule has 0 spiro atoms. The molecule has 0 saturated carbocycles. The summed E-state index contributed by atoms with van der Waals surface area (Å²) in [7, 11) is 0. The lowest BCUT2D eigenvalue weighted by atomic mass is 10.1. The van der Waals surface area contributed by atoms with Crippen LogP contribution >= 0.6 is 11.6 Å². The fraction of sp³-hybridized carbons (Fsp3) is 0.158. The third-order valence-electron chi connectivity index (χ3n) is 4.09. The molecule has 26 heavy (non-hydrogen) atoms. The van der Waals surface area contributed by atoms with Crippen LogP contribution in [0.5, 0.6) is 0 Å². The number of hydrogen-bond acceptors (Lipinski definition) is 4. The molecule has 0 aliphatic carbocycles. The third-order valence-corrected chi connectivity index (χ3v) is 4.41. The largest absolute Gasteiger partial charge is 0.478 e. The summed E-state index contributed by atoms with van der Waals surface area (Å²) in [6.45, 7) is 3.43. The van der Waals surface area contributed by atoms with Crippen LogP contribution in [0.3, 0.4) is 0 Å². The summed E-state index contributed by atoms with van der Waals surface area (Å²) in [6.07, 6.45) is 1.43. The lowest BCUT2D eigenvalue weighted by molar-refractivity contribution is -0.118. The summed E-state index contributed by atoms with van der Waals surface area (Å²) in [5.41, 5.74) is 2.08. The van der Waals surface area contributed by atoms with Gasteiger partial charge in [-0.2, -0.15) is 10.1 Å². The van der Waals surface area contributed by atoms with E-state index in [-0.39, 0.29) is 11.5 Å². The van der Waals surface area contributed by atoms with Gasteiger partial charge in [0, 0.05) is 6.21 Å². The highest BCUT2D eigenvalue weighted by Crippen LogP contribution is 2.30. The van der Waals surface area contributed by atoms with Crippen LogP contribution < -0.4 is 5.01 Å². The van der Waals surface area contributed by atoms with Crippen molar-refractivity contribution in [2.75, 3.05) is 5.01 Å². The van der Waals surface area contributed by atoms with Gasteiger partial charge in [-0.25, -0.2) is 4.79 Å². The van der Waals surface area contributed by atoms with Crippen molar-refractivity contribution >= 4 is 46.8 Å². The minimum atomic E-state index is -1.06. The van der Waals surface area contributed by atoms with Crippen molar-refractivity contribution in [2.24, 2.45) is 16.0 Å². The molecule has 6 nitrogen and oxygen atoms in total. The van der Waals surface area contributed by atoms with Gasteiger partial charge in [-0.1, -0.05) is 35.9 Å². The number of benzene rings is 2. The topological polar surface area (TPSA) is 82.3 Å². The number of carbonyl (C=O) groups is 2. The highest BCUT2D eigenvalue weighted by atomic mass is 35.5. The Kier molecular flexibility index (Phi) is 4.86. The second-order valence-electron chi connectivity index (χ2n) is 5.87. The molecule has 0 fully saturated rings. The highest BCUT2D eigenvalue weighted by Gasteiger charge is 2.34. The Hall–Kier alpha value is -2.99. The van der Waals surface area contributed by atoms with Crippen molar-refractivity contribution < 1.29 is 14.7 Å². The molecule has 1 N–H and O–H groups in total. The molecule has 1 aliphatic rings. The minimum absolute atomic E-state index is 0.117. The van der Waals surface area contributed by atoms with Gasteiger partial charge in [0.25, 0.3) is 5.91 Å². The van der Waals surface area contributed by atoms with Crippen LogP contribution in [-0.4, -0.2) is 28.9 Å². The molecule has 1 atom stereocenters. The molecule has 0 saturated heterocycles.